The molecule has 0 saturated heterocycles. The number of halogens is 3. The van der Waals surface area contributed by atoms with Crippen LogP contribution in [-0.4, -0.2) is 35.3 Å². The lowest BCUT2D eigenvalue weighted by molar-refractivity contribution is -0.137. The Morgan fingerprint density at radius 1 is 1.00 bits per heavy atom. The Morgan fingerprint density at radius 3 is 2.33 bits per heavy atom. The van der Waals surface area contributed by atoms with Gasteiger partial charge in [-0.05, 0) is 52.8 Å². The smallest absolute Gasteiger partial charge is 0.370 e. The van der Waals surface area contributed by atoms with Crippen molar-refractivity contribution >= 4 is 11.9 Å². The van der Waals surface area contributed by atoms with Crippen LogP contribution in [0.5, 0.6) is 0 Å². The summed E-state index contributed by atoms with van der Waals surface area (Å²) in [6, 6.07) is 20.0. The number of fused-ring (bicyclic) bond motifs is 1. The molecule has 1 heterocycles. The molecule has 1 aliphatic rings. The van der Waals surface area contributed by atoms with Gasteiger partial charge in [0, 0.05) is 26.6 Å². The molecule has 8 heteroatoms. The molecule has 1 atom stereocenters. The van der Waals surface area contributed by atoms with Crippen LogP contribution in [0.4, 0.5) is 18.0 Å². The monoisotopic (exact) mass is 495 g/mol. The number of urea groups is 1. The SMILES string of the molecule is CN(C(=O)N1CCc2c(cccc2-c2ccc(C(F)(F)F)cc2)C1)[C@@H](CCC(N)=O)c1ccccc1. The molecule has 0 bridgehead atoms. The summed E-state index contributed by atoms with van der Waals surface area (Å²) in [5.41, 5.74) is 9.22. The summed E-state index contributed by atoms with van der Waals surface area (Å²) < 4.78 is 38.9. The molecule has 0 aliphatic carbocycles. The van der Waals surface area contributed by atoms with Gasteiger partial charge in [-0.15, -0.1) is 0 Å². The minimum atomic E-state index is -4.38. The highest BCUT2D eigenvalue weighted by atomic mass is 19.4. The van der Waals surface area contributed by atoms with Crippen LogP contribution in [0.15, 0.2) is 72.8 Å². The number of benzene rings is 3. The normalized spacial score (nSPS) is 14.2. The fraction of sp³-hybridized carbons (Fsp3) is 0.286. The predicted molar refractivity (Wildman–Crippen MR) is 132 cm³/mol. The second-order valence-electron chi connectivity index (χ2n) is 9.01. The molecule has 4 rings (SSSR count). The minimum Gasteiger partial charge on any atom is -0.370 e. The number of hydrogen-bond donors (Lipinski definition) is 1. The third-order valence-corrected chi connectivity index (χ3v) is 6.68. The first kappa shape index (κ1) is 25.3. The van der Waals surface area contributed by atoms with Crippen molar-refractivity contribution in [1.29, 1.82) is 0 Å². The van der Waals surface area contributed by atoms with Gasteiger partial charge in [0.2, 0.25) is 5.91 Å². The molecule has 0 aromatic heterocycles. The van der Waals surface area contributed by atoms with E-state index in [1.54, 1.807) is 16.8 Å². The van der Waals surface area contributed by atoms with Crippen LogP contribution >= 0.6 is 0 Å². The van der Waals surface area contributed by atoms with Gasteiger partial charge in [0.25, 0.3) is 0 Å². The molecular weight excluding hydrogens is 467 g/mol. The van der Waals surface area contributed by atoms with Crippen molar-refractivity contribution in [2.75, 3.05) is 13.6 Å². The maximum Gasteiger partial charge on any atom is 0.416 e. The van der Waals surface area contributed by atoms with Crippen LogP contribution in [0.25, 0.3) is 11.1 Å². The summed E-state index contributed by atoms with van der Waals surface area (Å²) in [7, 11) is 1.73. The van der Waals surface area contributed by atoms with Crippen molar-refractivity contribution in [3.63, 3.8) is 0 Å². The summed E-state index contributed by atoms with van der Waals surface area (Å²) in [5, 5.41) is 0. The molecule has 3 aromatic carbocycles. The van der Waals surface area contributed by atoms with Crippen molar-refractivity contribution in [2.24, 2.45) is 5.73 Å². The standard InChI is InChI=1S/C28H28F3N3O2/c1-33(25(14-15-26(32)35)20-6-3-2-4-7-20)27(36)34-17-16-24-21(18-34)8-5-9-23(24)19-10-12-22(13-11-19)28(29,30)31/h2-13,25H,14-18H2,1H3,(H2,32,35)/t25-/m0/s1. The first-order valence-electron chi connectivity index (χ1n) is 11.8. The first-order valence-corrected chi connectivity index (χ1v) is 11.8. The molecule has 0 saturated carbocycles. The van der Waals surface area contributed by atoms with Crippen LogP contribution in [0, 0.1) is 0 Å². The summed E-state index contributed by atoms with van der Waals surface area (Å²) >= 11 is 0. The Bertz CT molecular complexity index is 1230. The summed E-state index contributed by atoms with van der Waals surface area (Å²) in [4.78, 5) is 28.3. The predicted octanol–water partition coefficient (Wildman–Crippen LogP) is 5.79. The minimum absolute atomic E-state index is 0.154. The third-order valence-electron chi connectivity index (χ3n) is 6.68. The van der Waals surface area contributed by atoms with E-state index in [1.165, 1.54) is 12.1 Å². The Kier molecular flexibility index (Phi) is 7.33. The number of carbonyl (C=O) groups is 2. The average Bonchev–Trinajstić information content (AvgIpc) is 2.87. The van der Waals surface area contributed by atoms with E-state index < -0.39 is 17.6 Å². The number of primary amides is 1. The van der Waals surface area contributed by atoms with Gasteiger partial charge in [0.15, 0.2) is 0 Å². The van der Waals surface area contributed by atoms with Gasteiger partial charge in [0.05, 0.1) is 11.6 Å². The Balaban J connectivity index is 1.54. The Morgan fingerprint density at radius 2 is 1.69 bits per heavy atom. The molecule has 1 aliphatic heterocycles. The van der Waals surface area contributed by atoms with Gasteiger partial charge < -0.3 is 15.5 Å². The number of alkyl halides is 3. The van der Waals surface area contributed by atoms with Gasteiger partial charge in [-0.25, -0.2) is 4.79 Å². The molecule has 5 nitrogen and oxygen atoms in total. The zero-order valence-electron chi connectivity index (χ0n) is 20.0. The zero-order valence-corrected chi connectivity index (χ0v) is 20.0. The van der Waals surface area contributed by atoms with E-state index >= 15 is 0 Å². The highest BCUT2D eigenvalue weighted by Crippen LogP contribution is 2.35. The molecule has 2 N–H and O–H groups in total. The van der Waals surface area contributed by atoms with Crippen LogP contribution in [-0.2, 0) is 23.9 Å². The van der Waals surface area contributed by atoms with E-state index in [-0.39, 0.29) is 18.5 Å². The summed E-state index contributed by atoms with van der Waals surface area (Å²) in [5.74, 6) is -0.417. The fourth-order valence-corrected chi connectivity index (χ4v) is 4.78. The first-order chi connectivity index (χ1) is 17.1. The molecular formula is C28H28F3N3O2. The zero-order chi connectivity index (χ0) is 25.9. The van der Waals surface area contributed by atoms with E-state index in [1.807, 2.05) is 48.5 Å². The van der Waals surface area contributed by atoms with E-state index in [2.05, 4.69) is 0 Å². The van der Waals surface area contributed by atoms with Crippen molar-refractivity contribution in [3.05, 3.63) is 95.1 Å². The third kappa shape index (κ3) is 5.53. The molecule has 0 fully saturated rings. The van der Waals surface area contributed by atoms with Crippen LogP contribution < -0.4 is 5.73 Å². The second kappa shape index (κ2) is 10.4. The number of rotatable bonds is 6. The van der Waals surface area contributed by atoms with Gasteiger partial charge in [-0.2, -0.15) is 13.2 Å². The molecule has 36 heavy (non-hydrogen) atoms. The number of nitrogens with zero attached hydrogens (tertiary/aromatic N) is 2. The van der Waals surface area contributed by atoms with Crippen molar-refractivity contribution in [1.82, 2.24) is 9.80 Å². The van der Waals surface area contributed by atoms with Crippen LogP contribution in [0.1, 0.15) is 41.1 Å². The number of carbonyl (C=O) groups excluding carboxylic acids is 2. The lowest BCUT2D eigenvalue weighted by Crippen LogP contribution is -2.45. The second-order valence-corrected chi connectivity index (χ2v) is 9.01. The fourth-order valence-electron chi connectivity index (χ4n) is 4.78. The summed E-state index contributed by atoms with van der Waals surface area (Å²) in [6.45, 7) is 0.870. The van der Waals surface area contributed by atoms with E-state index in [0.29, 0.717) is 31.5 Å². The largest absolute Gasteiger partial charge is 0.416 e. The maximum atomic E-state index is 13.5. The topological polar surface area (TPSA) is 66.6 Å². The molecule has 3 aromatic rings. The molecule has 0 spiro atoms. The maximum absolute atomic E-state index is 13.5. The van der Waals surface area contributed by atoms with Crippen molar-refractivity contribution in [3.8, 4) is 11.1 Å². The van der Waals surface area contributed by atoms with E-state index in [0.717, 1.165) is 34.4 Å². The lowest BCUT2D eigenvalue weighted by Gasteiger charge is -2.36. The molecule has 0 unspecified atom stereocenters. The van der Waals surface area contributed by atoms with Crippen LogP contribution in [0.2, 0.25) is 0 Å². The van der Waals surface area contributed by atoms with Crippen molar-refractivity contribution < 1.29 is 22.8 Å². The lowest BCUT2D eigenvalue weighted by atomic mass is 9.90. The van der Waals surface area contributed by atoms with Gasteiger partial charge in [-0.1, -0.05) is 60.7 Å². The highest BCUT2D eigenvalue weighted by molar-refractivity contribution is 5.77. The molecule has 3 amide bonds. The Hall–Kier alpha value is -3.81. The van der Waals surface area contributed by atoms with Crippen molar-refractivity contribution in [2.45, 2.75) is 38.0 Å². The van der Waals surface area contributed by atoms with Crippen LogP contribution in [0.3, 0.4) is 0 Å². The van der Waals surface area contributed by atoms with E-state index in [4.69, 9.17) is 5.73 Å². The Labute approximate surface area is 208 Å². The van der Waals surface area contributed by atoms with E-state index in [9.17, 15) is 22.8 Å². The van der Waals surface area contributed by atoms with Gasteiger partial charge >= 0.3 is 12.2 Å². The molecule has 0 radical (unpaired) electrons. The number of amides is 3. The highest BCUT2D eigenvalue weighted by Gasteiger charge is 2.31. The van der Waals surface area contributed by atoms with Gasteiger partial charge in [0.1, 0.15) is 0 Å². The summed E-state index contributed by atoms with van der Waals surface area (Å²) in [6.07, 6.45) is -3.21. The number of hydrogen-bond acceptors (Lipinski definition) is 2. The number of nitrogens with two attached hydrogens (primary N) is 1. The van der Waals surface area contributed by atoms with Gasteiger partial charge in [-0.3, -0.25) is 4.79 Å². The average molecular weight is 496 g/mol. The quantitative estimate of drug-likeness (QED) is 0.471. The molecule has 188 valence electrons.